The van der Waals surface area contributed by atoms with Gasteiger partial charge in [-0.15, -0.1) is 11.3 Å². The Morgan fingerprint density at radius 3 is 2.56 bits per heavy atom. The van der Waals surface area contributed by atoms with Gasteiger partial charge in [0.1, 0.15) is 5.82 Å². The average molecular weight is 233 g/mol. The van der Waals surface area contributed by atoms with Gasteiger partial charge in [-0.05, 0) is 31.5 Å². The van der Waals surface area contributed by atoms with Gasteiger partial charge in [-0.2, -0.15) is 0 Å². The predicted octanol–water partition coefficient (Wildman–Crippen LogP) is 2.44. The molecule has 16 heavy (non-hydrogen) atoms. The van der Waals surface area contributed by atoms with Crippen LogP contribution < -0.4 is 5.32 Å². The van der Waals surface area contributed by atoms with Gasteiger partial charge in [-0.3, -0.25) is 0 Å². The molecule has 0 unspecified atom stereocenters. The third kappa shape index (κ3) is 2.87. The lowest BCUT2D eigenvalue weighted by Gasteiger charge is -2.00. The molecule has 0 aliphatic heterocycles. The van der Waals surface area contributed by atoms with E-state index in [0.717, 1.165) is 18.9 Å². The van der Waals surface area contributed by atoms with Gasteiger partial charge >= 0.3 is 0 Å². The molecule has 4 heteroatoms. The molecule has 0 saturated heterocycles. The fraction of sp³-hybridized carbons (Fsp3) is 0.333. The van der Waals surface area contributed by atoms with E-state index in [1.807, 2.05) is 17.4 Å². The zero-order valence-corrected chi connectivity index (χ0v) is 10.3. The maximum atomic E-state index is 4.16. The number of rotatable bonds is 4. The first-order valence-electron chi connectivity index (χ1n) is 5.28. The molecule has 3 nitrogen and oxygen atoms in total. The molecule has 2 aromatic heterocycles. The van der Waals surface area contributed by atoms with Crippen LogP contribution in [0.15, 0.2) is 24.5 Å². The van der Waals surface area contributed by atoms with Crippen LogP contribution in [-0.4, -0.2) is 9.97 Å². The van der Waals surface area contributed by atoms with Crippen LogP contribution in [0.25, 0.3) is 0 Å². The van der Waals surface area contributed by atoms with E-state index in [2.05, 4.69) is 35.2 Å². The number of nitrogens with one attached hydrogen (secondary N) is 1. The first kappa shape index (κ1) is 11.2. The molecule has 0 spiro atoms. The van der Waals surface area contributed by atoms with Gasteiger partial charge in [0.05, 0.1) is 6.54 Å². The molecule has 0 aliphatic rings. The van der Waals surface area contributed by atoms with Crippen molar-refractivity contribution in [1.82, 2.24) is 15.3 Å². The van der Waals surface area contributed by atoms with Gasteiger partial charge in [-0.1, -0.05) is 0 Å². The van der Waals surface area contributed by atoms with E-state index in [4.69, 9.17) is 0 Å². The van der Waals surface area contributed by atoms with Crippen molar-refractivity contribution in [2.75, 3.05) is 0 Å². The minimum atomic E-state index is 0.719. The van der Waals surface area contributed by atoms with Gasteiger partial charge in [0.2, 0.25) is 0 Å². The van der Waals surface area contributed by atoms with Crippen molar-refractivity contribution in [3.05, 3.63) is 45.7 Å². The lowest BCUT2D eigenvalue weighted by atomic mass is 10.3. The van der Waals surface area contributed by atoms with Gasteiger partial charge in [0.25, 0.3) is 0 Å². The van der Waals surface area contributed by atoms with Crippen LogP contribution in [-0.2, 0) is 13.1 Å². The van der Waals surface area contributed by atoms with E-state index in [-0.39, 0.29) is 0 Å². The Morgan fingerprint density at radius 1 is 1.19 bits per heavy atom. The Morgan fingerprint density at radius 2 is 1.94 bits per heavy atom. The molecule has 0 amide bonds. The summed E-state index contributed by atoms with van der Waals surface area (Å²) in [5.74, 6) is 0.840. The molecule has 2 aromatic rings. The Bertz CT molecular complexity index is 431. The highest BCUT2D eigenvalue weighted by atomic mass is 32.1. The Hall–Kier alpha value is -1.26. The van der Waals surface area contributed by atoms with Crippen LogP contribution in [0.5, 0.6) is 0 Å². The molecule has 0 aromatic carbocycles. The smallest absolute Gasteiger partial charge is 0.141 e. The quantitative estimate of drug-likeness (QED) is 0.881. The number of aromatic nitrogens is 2. The molecular weight excluding hydrogens is 218 g/mol. The summed E-state index contributed by atoms with van der Waals surface area (Å²) in [7, 11) is 0. The maximum Gasteiger partial charge on any atom is 0.141 e. The highest BCUT2D eigenvalue weighted by molar-refractivity contribution is 7.12. The fourth-order valence-corrected chi connectivity index (χ4v) is 2.48. The molecule has 0 fully saturated rings. The normalized spacial score (nSPS) is 10.6. The van der Waals surface area contributed by atoms with E-state index < -0.39 is 0 Å². The van der Waals surface area contributed by atoms with Crippen molar-refractivity contribution in [3.8, 4) is 0 Å². The monoisotopic (exact) mass is 233 g/mol. The standard InChI is InChI=1S/C12H15N3S/c1-9-6-11(16-10(9)2)7-13-8-12-14-4-3-5-15-12/h3-6,13H,7-8H2,1-2H3. The topological polar surface area (TPSA) is 37.8 Å². The van der Waals surface area contributed by atoms with E-state index in [1.54, 1.807) is 12.4 Å². The highest BCUT2D eigenvalue weighted by Crippen LogP contribution is 2.20. The molecule has 2 heterocycles. The molecule has 0 atom stereocenters. The predicted molar refractivity (Wildman–Crippen MR) is 66.4 cm³/mol. The molecule has 2 rings (SSSR count). The summed E-state index contributed by atoms with van der Waals surface area (Å²) >= 11 is 1.85. The summed E-state index contributed by atoms with van der Waals surface area (Å²) in [4.78, 5) is 11.1. The molecule has 0 aliphatic carbocycles. The van der Waals surface area contributed by atoms with E-state index >= 15 is 0 Å². The van der Waals surface area contributed by atoms with Crippen molar-refractivity contribution in [2.24, 2.45) is 0 Å². The summed E-state index contributed by atoms with van der Waals surface area (Å²) in [6, 6.07) is 4.06. The van der Waals surface area contributed by atoms with Crippen LogP contribution in [0, 0.1) is 13.8 Å². The summed E-state index contributed by atoms with van der Waals surface area (Å²) < 4.78 is 0. The van der Waals surface area contributed by atoms with Gasteiger partial charge in [0, 0.05) is 28.7 Å². The van der Waals surface area contributed by atoms with E-state index in [9.17, 15) is 0 Å². The second-order valence-electron chi connectivity index (χ2n) is 3.72. The van der Waals surface area contributed by atoms with E-state index in [0.29, 0.717) is 0 Å². The summed E-state index contributed by atoms with van der Waals surface area (Å²) in [5.41, 5.74) is 1.37. The third-order valence-electron chi connectivity index (χ3n) is 2.42. The molecule has 84 valence electrons. The average Bonchev–Trinajstić information content (AvgIpc) is 2.60. The van der Waals surface area contributed by atoms with Crippen molar-refractivity contribution >= 4 is 11.3 Å². The number of aryl methyl sites for hydroxylation is 2. The number of nitrogens with zero attached hydrogens (tertiary/aromatic N) is 2. The van der Waals surface area contributed by atoms with Crippen LogP contribution in [0.1, 0.15) is 21.1 Å². The molecule has 0 bridgehead atoms. The molecule has 1 N–H and O–H groups in total. The Labute approximate surface area is 99.6 Å². The number of hydrogen-bond donors (Lipinski definition) is 1. The Kier molecular flexibility index (Phi) is 3.64. The lowest BCUT2D eigenvalue weighted by molar-refractivity contribution is 0.668. The second-order valence-corrected chi connectivity index (χ2v) is 5.06. The molecular formula is C12H15N3S. The highest BCUT2D eigenvalue weighted by Gasteiger charge is 2.01. The number of hydrogen-bond acceptors (Lipinski definition) is 4. The minimum absolute atomic E-state index is 0.719. The minimum Gasteiger partial charge on any atom is -0.305 e. The van der Waals surface area contributed by atoms with Crippen molar-refractivity contribution in [1.29, 1.82) is 0 Å². The lowest BCUT2D eigenvalue weighted by Crippen LogP contribution is -2.13. The maximum absolute atomic E-state index is 4.16. The second kappa shape index (κ2) is 5.18. The van der Waals surface area contributed by atoms with Crippen molar-refractivity contribution < 1.29 is 0 Å². The van der Waals surface area contributed by atoms with Crippen molar-refractivity contribution in [2.45, 2.75) is 26.9 Å². The van der Waals surface area contributed by atoms with Gasteiger partial charge in [0.15, 0.2) is 0 Å². The summed E-state index contributed by atoms with van der Waals surface area (Å²) in [6.07, 6.45) is 3.53. The summed E-state index contributed by atoms with van der Waals surface area (Å²) in [5, 5.41) is 3.34. The van der Waals surface area contributed by atoms with Gasteiger partial charge in [-0.25, -0.2) is 9.97 Å². The van der Waals surface area contributed by atoms with Crippen LogP contribution >= 0.6 is 11.3 Å². The van der Waals surface area contributed by atoms with Crippen molar-refractivity contribution in [3.63, 3.8) is 0 Å². The number of thiophene rings is 1. The first-order chi connectivity index (χ1) is 7.75. The fourth-order valence-electron chi connectivity index (χ4n) is 1.46. The van der Waals surface area contributed by atoms with Crippen LogP contribution in [0.3, 0.4) is 0 Å². The zero-order valence-electron chi connectivity index (χ0n) is 9.53. The third-order valence-corrected chi connectivity index (χ3v) is 3.57. The van der Waals surface area contributed by atoms with E-state index in [1.165, 1.54) is 15.3 Å². The first-order valence-corrected chi connectivity index (χ1v) is 6.10. The summed E-state index contributed by atoms with van der Waals surface area (Å²) in [6.45, 7) is 5.91. The van der Waals surface area contributed by atoms with Crippen LogP contribution in [0.4, 0.5) is 0 Å². The largest absolute Gasteiger partial charge is 0.305 e. The Balaban J connectivity index is 1.84. The molecule has 0 saturated carbocycles. The molecule has 0 radical (unpaired) electrons. The SMILES string of the molecule is Cc1cc(CNCc2ncccn2)sc1C. The zero-order chi connectivity index (χ0) is 11.4. The van der Waals surface area contributed by atoms with Gasteiger partial charge < -0.3 is 5.32 Å². The van der Waals surface area contributed by atoms with Crippen LogP contribution in [0.2, 0.25) is 0 Å².